The third-order valence-corrected chi connectivity index (χ3v) is 9.20. The first kappa shape index (κ1) is 23.4. The van der Waals surface area contributed by atoms with Crippen molar-refractivity contribution in [2.24, 2.45) is 5.92 Å². The van der Waals surface area contributed by atoms with Gasteiger partial charge in [0, 0.05) is 25.2 Å². The molecule has 1 N–H and O–H groups in total. The lowest BCUT2D eigenvalue weighted by molar-refractivity contribution is 0.193. The number of ether oxygens (including phenoxy) is 1. The normalized spacial score (nSPS) is 21.8. The number of methoxy groups -OCH3 is 1. The molecule has 35 heavy (non-hydrogen) atoms. The lowest BCUT2D eigenvalue weighted by atomic mass is 9.81. The van der Waals surface area contributed by atoms with Gasteiger partial charge in [-0.1, -0.05) is 30.3 Å². The second kappa shape index (κ2) is 9.00. The summed E-state index contributed by atoms with van der Waals surface area (Å²) in [6.07, 6.45) is 0.641. The van der Waals surface area contributed by atoms with Crippen LogP contribution in [-0.4, -0.2) is 51.2 Å². The van der Waals surface area contributed by atoms with E-state index in [9.17, 15) is 18.8 Å². The number of sulfonamides is 1. The molecule has 0 bridgehead atoms. The minimum absolute atomic E-state index is 0.0639. The van der Waals surface area contributed by atoms with Crippen LogP contribution in [0.25, 0.3) is 11.1 Å². The first-order valence-corrected chi connectivity index (χ1v) is 13.0. The number of aliphatic hydroxyl groups is 1. The highest BCUT2D eigenvalue weighted by Crippen LogP contribution is 2.51. The van der Waals surface area contributed by atoms with Crippen LogP contribution in [-0.2, 0) is 10.0 Å². The van der Waals surface area contributed by atoms with Gasteiger partial charge in [0.15, 0.2) is 0 Å². The summed E-state index contributed by atoms with van der Waals surface area (Å²) in [6, 6.07) is 21.6. The molecule has 1 fully saturated rings. The Hall–Kier alpha value is -3.38. The van der Waals surface area contributed by atoms with Gasteiger partial charge in [-0.2, -0.15) is 9.57 Å². The number of benzene rings is 3. The number of hydrogen-bond acceptors (Lipinski definition) is 6. The van der Waals surface area contributed by atoms with E-state index in [1.54, 1.807) is 34.6 Å². The highest BCUT2D eigenvalue weighted by atomic mass is 32.2. The molecule has 0 aliphatic carbocycles. The molecule has 2 heterocycles. The number of para-hydroxylation sites is 1. The molecule has 7 nitrogen and oxygen atoms in total. The number of aliphatic hydroxyl groups excluding tert-OH is 1. The van der Waals surface area contributed by atoms with Crippen LogP contribution in [0, 0.1) is 17.2 Å². The Kier molecular flexibility index (Phi) is 6.01. The van der Waals surface area contributed by atoms with E-state index in [1.807, 2.05) is 43.4 Å². The predicted molar refractivity (Wildman–Crippen MR) is 134 cm³/mol. The second-order valence-electron chi connectivity index (χ2n) is 8.99. The van der Waals surface area contributed by atoms with Gasteiger partial charge in [-0.05, 0) is 59.5 Å². The lowest BCUT2D eigenvalue weighted by Gasteiger charge is -2.44. The Balaban J connectivity index is 1.66. The van der Waals surface area contributed by atoms with E-state index in [0.717, 1.165) is 22.4 Å². The van der Waals surface area contributed by atoms with E-state index >= 15 is 0 Å². The summed E-state index contributed by atoms with van der Waals surface area (Å²) < 4.78 is 34.8. The number of likely N-dealkylation sites (N-methyl/N-ethyl adjacent to an activating group) is 1. The fourth-order valence-electron chi connectivity index (χ4n) is 5.59. The van der Waals surface area contributed by atoms with Crippen molar-refractivity contribution in [1.29, 1.82) is 5.26 Å². The van der Waals surface area contributed by atoms with Gasteiger partial charge in [-0.3, -0.25) is 0 Å². The minimum Gasteiger partial charge on any atom is -0.495 e. The van der Waals surface area contributed by atoms with E-state index in [0.29, 0.717) is 24.3 Å². The largest absolute Gasteiger partial charge is 0.495 e. The van der Waals surface area contributed by atoms with Crippen molar-refractivity contribution in [3.05, 3.63) is 77.9 Å². The smallest absolute Gasteiger partial charge is 0.247 e. The van der Waals surface area contributed by atoms with Gasteiger partial charge in [0.25, 0.3) is 0 Å². The van der Waals surface area contributed by atoms with Gasteiger partial charge in [0.2, 0.25) is 10.0 Å². The van der Waals surface area contributed by atoms with Gasteiger partial charge in [-0.25, -0.2) is 8.42 Å². The molecule has 8 heteroatoms. The quantitative estimate of drug-likeness (QED) is 0.586. The third-order valence-electron chi connectivity index (χ3n) is 7.28. The summed E-state index contributed by atoms with van der Waals surface area (Å²) in [4.78, 5) is 2.20. The van der Waals surface area contributed by atoms with Crippen molar-refractivity contribution in [3.63, 3.8) is 0 Å². The Labute approximate surface area is 205 Å². The number of nitriles is 1. The SMILES string of the molecule is COc1ccccc1S(=O)(=O)N1CC[C@@H]2[C@H]1c1cc(-c3cccc(C#N)c3)ccc1N(C)[C@H]2CO. The van der Waals surface area contributed by atoms with Crippen LogP contribution in [0.5, 0.6) is 5.75 Å². The molecule has 0 unspecified atom stereocenters. The van der Waals surface area contributed by atoms with Crippen LogP contribution in [0.15, 0.2) is 71.6 Å². The molecular formula is C27H27N3O4S. The Morgan fingerprint density at radius 3 is 2.60 bits per heavy atom. The Morgan fingerprint density at radius 2 is 1.86 bits per heavy atom. The van der Waals surface area contributed by atoms with Crippen molar-refractivity contribution in [2.45, 2.75) is 23.4 Å². The topological polar surface area (TPSA) is 93.9 Å². The maximum atomic E-state index is 13.9. The minimum atomic E-state index is -3.87. The Morgan fingerprint density at radius 1 is 1.09 bits per heavy atom. The number of fused-ring (bicyclic) bond motifs is 3. The van der Waals surface area contributed by atoms with E-state index in [1.165, 1.54) is 7.11 Å². The summed E-state index contributed by atoms with van der Waals surface area (Å²) in [5.74, 6) is 0.243. The average molecular weight is 490 g/mol. The zero-order valence-corrected chi connectivity index (χ0v) is 20.4. The van der Waals surface area contributed by atoms with Gasteiger partial charge in [-0.15, -0.1) is 0 Å². The molecule has 3 aromatic carbocycles. The molecule has 3 atom stereocenters. The zero-order chi connectivity index (χ0) is 24.7. The van der Waals surface area contributed by atoms with Crippen molar-refractivity contribution < 1.29 is 18.3 Å². The summed E-state index contributed by atoms with van der Waals surface area (Å²) in [5.41, 5.74) is 4.17. The van der Waals surface area contributed by atoms with Crippen LogP contribution in [0.4, 0.5) is 5.69 Å². The molecule has 180 valence electrons. The maximum Gasteiger partial charge on any atom is 0.247 e. The van der Waals surface area contributed by atoms with Crippen molar-refractivity contribution in [1.82, 2.24) is 4.31 Å². The van der Waals surface area contributed by atoms with Crippen LogP contribution in [0.2, 0.25) is 0 Å². The summed E-state index contributed by atoms with van der Waals surface area (Å²) in [7, 11) is -0.451. The first-order chi connectivity index (χ1) is 16.9. The molecule has 0 aromatic heterocycles. The summed E-state index contributed by atoms with van der Waals surface area (Å²) >= 11 is 0. The molecule has 5 rings (SSSR count). The highest BCUT2D eigenvalue weighted by Gasteiger charge is 2.50. The number of nitrogens with zero attached hydrogens (tertiary/aromatic N) is 3. The monoisotopic (exact) mass is 489 g/mol. The number of rotatable bonds is 5. The van der Waals surface area contributed by atoms with Crippen molar-refractivity contribution >= 4 is 15.7 Å². The highest BCUT2D eigenvalue weighted by molar-refractivity contribution is 7.89. The zero-order valence-electron chi connectivity index (χ0n) is 19.6. The number of anilines is 1. The standard InChI is InChI=1S/C27H27N3O4S/c1-29-23-11-10-20(19-7-5-6-18(14-19)16-28)15-22(23)27-21(24(29)17-31)12-13-30(27)35(32,33)26-9-4-3-8-25(26)34-2/h3-11,14-15,21,24,27,31H,12-13,17H2,1-2H3/t21-,24-,27-/m0/s1. The van der Waals surface area contributed by atoms with Crippen LogP contribution >= 0.6 is 0 Å². The molecule has 0 spiro atoms. The van der Waals surface area contributed by atoms with E-state index < -0.39 is 16.1 Å². The molecule has 3 aromatic rings. The predicted octanol–water partition coefficient (Wildman–Crippen LogP) is 3.80. The van der Waals surface area contributed by atoms with Crippen molar-refractivity contribution in [3.8, 4) is 22.9 Å². The van der Waals surface area contributed by atoms with Gasteiger partial charge in [0.1, 0.15) is 10.6 Å². The molecule has 2 aliphatic heterocycles. The molecule has 0 amide bonds. The lowest BCUT2D eigenvalue weighted by Crippen LogP contribution is -2.48. The fourth-order valence-corrected chi connectivity index (χ4v) is 7.41. The molecular weight excluding hydrogens is 462 g/mol. The van der Waals surface area contributed by atoms with E-state index in [2.05, 4.69) is 11.0 Å². The average Bonchev–Trinajstić information content (AvgIpc) is 3.35. The molecule has 1 saturated heterocycles. The van der Waals surface area contributed by atoms with Gasteiger partial charge < -0.3 is 14.7 Å². The van der Waals surface area contributed by atoms with E-state index in [4.69, 9.17) is 4.74 Å². The molecule has 2 aliphatic rings. The fraction of sp³-hybridized carbons (Fsp3) is 0.296. The van der Waals surface area contributed by atoms with Crippen LogP contribution in [0.1, 0.15) is 23.6 Å². The molecule has 0 saturated carbocycles. The van der Waals surface area contributed by atoms with Gasteiger partial charge in [0.05, 0.1) is 37.4 Å². The third kappa shape index (κ3) is 3.76. The summed E-state index contributed by atoms with van der Waals surface area (Å²) in [6.45, 7) is 0.291. The second-order valence-corrected chi connectivity index (χ2v) is 10.8. The molecule has 0 radical (unpaired) electrons. The first-order valence-electron chi connectivity index (χ1n) is 11.5. The number of hydrogen-bond donors (Lipinski definition) is 1. The maximum absolute atomic E-state index is 13.9. The van der Waals surface area contributed by atoms with Crippen LogP contribution < -0.4 is 9.64 Å². The van der Waals surface area contributed by atoms with Crippen molar-refractivity contribution in [2.75, 3.05) is 32.2 Å². The van der Waals surface area contributed by atoms with E-state index in [-0.39, 0.29) is 23.5 Å². The Bertz CT molecular complexity index is 1420. The summed E-state index contributed by atoms with van der Waals surface area (Å²) in [5, 5.41) is 19.6. The van der Waals surface area contributed by atoms with Gasteiger partial charge >= 0.3 is 0 Å². The van der Waals surface area contributed by atoms with Crippen LogP contribution in [0.3, 0.4) is 0 Å².